The smallest absolute Gasteiger partial charge is 0.291 e. The number of nitrogens with one attached hydrogen (secondary N) is 1. The first-order valence-electron chi connectivity index (χ1n) is 10.0. The van der Waals surface area contributed by atoms with Crippen LogP contribution in [-0.4, -0.2) is 26.7 Å². The summed E-state index contributed by atoms with van der Waals surface area (Å²) in [4.78, 5) is 26.1. The molecule has 1 aromatic carbocycles. The second kappa shape index (κ2) is 8.06. The van der Waals surface area contributed by atoms with Crippen molar-refractivity contribution in [3.8, 4) is 5.75 Å². The molecule has 0 aliphatic rings. The summed E-state index contributed by atoms with van der Waals surface area (Å²) in [5, 5.41) is 7.36. The molecule has 156 valence electrons. The number of nitrogens with zero attached hydrogens (tertiary/aromatic N) is 3. The van der Waals surface area contributed by atoms with Crippen molar-refractivity contribution in [2.24, 2.45) is 0 Å². The van der Waals surface area contributed by atoms with Crippen LogP contribution in [0, 0.1) is 6.92 Å². The monoisotopic (exact) mass is 408 g/mol. The number of benzene rings is 1. The predicted molar refractivity (Wildman–Crippen MR) is 113 cm³/mol. The van der Waals surface area contributed by atoms with Gasteiger partial charge < -0.3 is 14.5 Å². The second-order valence-corrected chi connectivity index (χ2v) is 7.01. The number of furan rings is 1. The van der Waals surface area contributed by atoms with Gasteiger partial charge in [-0.2, -0.15) is 5.10 Å². The van der Waals surface area contributed by atoms with Crippen molar-refractivity contribution >= 4 is 22.5 Å². The fraction of sp³-hybridized carbons (Fsp3) is 0.318. The topological polar surface area (TPSA) is 90.8 Å². The van der Waals surface area contributed by atoms with Gasteiger partial charge in [-0.1, -0.05) is 25.1 Å². The summed E-state index contributed by atoms with van der Waals surface area (Å²) in [6.07, 6.45) is 2.00. The number of hydrogen-bond acceptors (Lipinski definition) is 5. The molecule has 1 atom stereocenters. The van der Waals surface area contributed by atoms with Gasteiger partial charge >= 0.3 is 0 Å². The molecule has 8 nitrogen and oxygen atoms in total. The maximum atomic E-state index is 13.1. The third kappa shape index (κ3) is 3.34. The molecule has 0 spiro atoms. The van der Waals surface area contributed by atoms with Gasteiger partial charge in [0.2, 0.25) is 5.91 Å². The Hall–Kier alpha value is -3.55. The first-order valence-corrected chi connectivity index (χ1v) is 10.0. The highest BCUT2D eigenvalue weighted by Gasteiger charge is 2.24. The lowest BCUT2D eigenvalue weighted by Gasteiger charge is -2.18. The van der Waals surface area contributed by atoms with E-state index in [9.17, 15) is 9.59 Å². The first kappa shape index (κ1) is 19.8. The molecule has 3 aromatic heterocycles. The number of para-hydroxylation sites is 1. The second-order valence-electron chi connectivity index (χ2n) is 7.01. The quantitative estimate of drug-likeness (QED) is 0.507. The van der Waals surface area contributed by atoms with Crippen LogP contribution in [0.4, 0.5) is 0 Å². The lowest BCUT2D eigenvalue weighted by Crippen LogP contribution is -2.39. The molecular formula is C22H24N4O4. The number of carbonyl (C=O) groups excluding carboxylic acids is 1. The first-order chi connectivity index (χ1) is 14.5. The van der Waals surface area contributed by atoms with Crippen molar-refractivity contribution in [1.82, 2.24) is 19.5 Å². The number of fused-ring (bicyclic) bond motifs is 3. The van der Waals surface area contributed by atoms with Gasteiger partial charge in [-0.15, -0.1) is 0 Å². The summed E-state index contributed by atoms with van der Waals surface area (Å²) in [6, 6.07) is 10.3. The Bertz CT molecular complexity index is 1270. The number of ether oxygens (including phenoxy) is 1. The van der Waals surface area contributed by atoms with Crippen LogP contribution in [0.15, 0.2) is 51.9 Å². The van der Waals surface area contributed by atoms with E-state index in [1.807, 2.05) is 38.1 Å². The number of carbonyl (C=O) groups is 1. The predicted octanol–water partition coefficient (Wildman–Crippen LogP) is 3.22. The highest BCUT2D eigenvalue weighted by Crippen LogP contribution is 2.21. The fourth-order valence-electron chi connectivity index (χ4n) is 3.72. The number of rotatable bonds is 7. The molecule has 0 saturated heterocycles. The molecule has 0 unspecified atom stereocenters. The van der Waals surface area contributed by atoms with Crippen LogP contribution in [0.3, 0.4) is 0 Å². The van der Waals surface area contributed by atoms with E-state index in [2.05, 4.69) is 10.4 Å². The van der Waals surface area contributed by atoms with Gasteiger partial charge in [0.15, 0.2) is 5.58 Å². The lowest BCUT2D eigenvalue weighted by atomic mass is 10.1. The van der Waals surface area contributed by atoms with Gasteiger partial charge in [0.1, 0.15) is 23.1 Å². The summed E-state index contributed by atoms with van der Waals surface area (Å²) in [5.41, 5.74) is 2.37. The zero-order chi connectivity index (χ0) is 21.3. The number of amides is 1. The van der Waals surface area contributed by atoms with Crippen LogP contribution < -0.4 is 15.6 Å². The molecule has 4 rings (SSSR count). The third-order valence-corrected chi connectivity index (χ3v) is 5.14. The molecule has 3 heterocycles. The van der Waals surface area contributed by atoms with Crippen LogP contribution in [0.1, 0.15) is 37.7 Å². The summed E-state index contributed by atoms with van der Waals surface area (Å²) in [5.74, 6) is 1.07. The zero-order valence-corrected chi connectivity index (χ0v) is 17.2. The Balaban J connectivity index is 1.64. The van der Waals surface area contributed by atoms with E-state index in [-0.39, 0.29) is 11.5 Å². The van der Waals surface area contributed by atoms with Gasteiger partial charge in [-0.25, -0.2) is 4.68 Å². The SMILES string of the molecule is CCOc1ccccc1CNC(=O)[C@@H](CC)n1nc(C)n2c(cc3occc32)c1=O. The molecule has 0 aliphatic heterocycles. The van der Waals surface area contributed by atoms with Crippen LogP contribution in [0.5, 0.6) is 5.75 Å². The Morgan fingerprint density at radius 3 is 2.80 bits per heavy atom. The summed E-state index contributed by atoms with van der Waals surface area (Å²) >= 11 is 0. The number of aromatic nitrogens is 3. The molecule has 0 bridgehead atoms. The summed E-state index contributed by atoms with van der Waals surface area (Å²) in [7, 11) is 0. The Morgan fingerprint density at radius 2 is 2.03 bits per heavy atom. The standard InChI is InChI=1S/C22H24N4O4/c1-4-16(21(27)23-13-15-8-6-7-9-19(15)29-5-2)26-22(28)18-12-20-17(10-11-30-20)25(18)14(3)24-26/h6-12,16H,4-5,13H2,1-3H3,(H,23,27)/t16-/m1/s1. The molecule has 0 fully saturated rings. The lowest BCUT2D eigenvalue weighted by molar-refractivity contribution is -0.125. The van der Waals surface area contributed by atoms with E-state index in [0.717, 1.165) is 16.8 Å². The largest absolute Gasteiger partial charge is 0.494 e. The van der Waals surface area contributed by atoms with E-state index in [4.69, 9.17) is 9.15 Å². The highest BCUT2D eigenvalue weighted by atomic mass is 16.5. The molecule has 0 radical (unpaired) electrons. The normalized spacial score (nSPS) is 12.4. The Labute approximate surface area is 173 Å². The number of aryl methyl sites for hydroxylation is 1. The van der Waals surface area contributed by atoms with Crippen molar-refractivity contribution in [2.45, 2.75) is 39.8 Å². The van der Waals surface area contributed by atoms with Gasteiger partial charge in [0.05, 0.1) is 18.4 Å². The van der Waals surface area contributed by atoms with E-state index < -0.39 is 6.04 Å². The van der Waals surface area contributed by atoms with E-state index >= 15 is 0 Å². The molecule has 30 heavy (non-hydrogen) atoms. The van der Waals surface area contributed by atoms with Crippen molar-refractivity contribution in [3.05, 3.63) is 64.4 Å². The molecule has 0 saturated carbocycles. The maximum Gasteiger partial charge on any atom is 0.291 e. The molecule has 8 heteroatoms. The van der Waals surface area contributed by atoms with Crippen LogP contribution in [-0.2, 0) is 11.3 Å². The molecule has 1 amide bonds. The number of hydrogen-bond donors (Lipinski definition) is 1. The van der Waals surface area contributed by atoms with Gasteiger partial charge in [0.25, 0.3) is 5.56 Å². The van der Waals surface area contributed by atoms with Crippen molar-refractivity contribution < 1.29 is 13.9 Å². The summed E-state index contributed by atoms with van der Waals surface area (Å²) < 4.78 is 14.1. The minimum absolute atomic E-state index is 0.266. The minimum atomic E-state index is -0.721. The zero-order valence-electron chi connectivity index (χ0n) is 17.2. The molecule has 0 aliphatic carbocycles. The van der Waals surface area contributed by atoms with Crippen molar-refractivity contribution in [1.29, 1.82) is 0 Å². The fourth-order valence-corrected chi connectivity index (χ4v) is 3.72. The van der Waals surface area contributed by atoms with Gasteiger partial charge in [-0.3, -0.25) is 14.0 Å². The van der Waals surface area contributed by atoms with Crippen LogP contribution in [0.25, 0.3) is 16.6 Å². The average molecular weight is 408 g/mol. The summed E-state index contributed by atoms with van der Waals surface area (Å²) in [6.45, 7) is 6.42. The Kier molecular flexibility index (Phi) is 5.31. The van der Waals surface area contributed by atoms with Crippen LogP contribution >= 0.6 is 0 Å². The van der Waals surface area contributed by atoms with E-state index in [0.29, 0.717) is 36.5 Å². The molecule has 4 aromatic rings. The molecular weight excluding hydrogens is 384 g/mol. The minimum Gasteiger partial charge on any atom is -0.494 e. The van der Waals surface area contributed by atoms with Crippen molar-refractivity contribution in [3.63, 3.8) is 0 Å². The Morgan fingerprint density at radius 1 is 1.23 bits per heavy atom. The molecule has 1 N–H and O–H groups in total. The van der Waals surface area contributed by atoms with Crippen molar-refractivity contribution in [2.75, 3.05) is 6.61 Å². The van der Waals surface area contributed by atoms with Gasteiger partial charge in [0, 0.05) is 24.2 Å². The van der Waals surface area contributed by atoms with E-state index in [1.54, 1.807) is 29.7 Å². The van der Waals surface area contributed by atoms with E-state index in [1.165, 1.54) is 4.68 Å². The highest BCUT2D eigenvalue weighted by molar-refractivity contribution is 5.83. The average Bonchev–Trinajstić information content (AvgIpc) is 3.33. The van der Waals surface area contributed by atoms with Crippen LogP contribution in [0.2, 0.25) is 0 Å². The third-order valence-electron chi connectivity index (χ3n) is 5.14. The maximum absolute atomic E-state index is 13.1. The van der Waals surface area contributed by atoms with Gasteiger partial charge in [-0.05, 0) is 26.3 Å².